The van der Waals surface area contributed by atoms with Gasteiger partial charge in [-0.15, -0.1) is 11.3 Å². The number of hydrogen-bond donors (Lipinski definition) is 1. The van der Waals surface area contributed by atoms with Crippen LogP contribution >= 0.6 is 27.3 Å². The maximum atomic E-state index is 12.0. The van der Waals surface area contributed by atoms with Gasteiger partial charge in [-0.05, 0) is 28.1 Å². The Labute approximate surface area is 117 Å². The molecule has 0 atom stereocenters. The fourth-order valence-corrected chi connectivity index (χ4v) is 3.05. The van der Waals surface area contributed by atoms with Gasteiger partial charge in [-0.1, -0.05) is 0 Å². The highest BCUT2D eigenvalue weighted by atomic mass is 79.9. The summed E-state index contributed by atoms with van der Waals surface area (Å²) >= 11 is 4.88. The topological polar surface area (TPSA) is 64.6 Å². The summed E-state index contributed by atoms with van der Waals surface area (Å²) in [5.74, 6) is -0.885. The molecule has 7 heteroatoms. The number of hydrogen-bond acceptors (Lipinski definition) is 5. The van der Waals surface area contributed by atoms with Crippen LogP contribution in [0.2, 0.25) is 0 Å². The third-order valence-electron chi connectivity index (χ3n) is 2.76. The monoisotopic (exact) mass is 333 g/mol. The molecule has 1 amide bonds. The molecular weight excluding hydrogens is 322 g/mol. The van der Waals surface area contributed by atoms with Crippen LogP contribution in [0.1, 0.15) is 4.88 Å². The van der Waals surface area contributed by atoms with Crippen LogP contribution in [0.25, 0.3) is 0 Å². The first-order valence-corrected chi connectivity index (χ1v) is 6.88. The quantitative estimate of drug-likeness (QED) is 0.666. The van der Waals surface area contributed by atoms with Gasteiger partial charge in [-0.2, -0.15) is 0 Å². The molecule has 1 fully saturated rings. The Hall–Kier alpha value is -0.920. The first-order chi connectivity index (χ1) is 8.58. The zero-order valence-corrected chi connectivity index (χ0v) is 12.1. The number of esters is 1. The Balaban J connectivity index is 1.96. The number of halogens is 1. The van der Waals surface area contributed by atoms with Crippen LogP contribution in [0, 0.1) is 5.41 Å². The van der Waals surface area contributed by atoms with E-state index in [1.807, 2.05) is 12.1 Å². The van der Waals surface area contributed by atoms with E-state index in [1.54, 1.807) is 0 Å². The van der Waals surface area contributed by atoms with Crippen LogP contribution in [-0.4, -0.2) is 32.2 Å². The average Bonchev–Trinajstić information content (AvgIpc) is 2.70. The van der Waals surface area contributed by atoms with Crippen molar-refractivity contribution in [3.8, 4) is 0 Å². The van der Waals surface area contributed by atoms with E-state index in [1.165, 1.54) is 18.4 Å². The lowest BCUT2D eigenvalue weighted by atomic mass is 9.85. The predicted molar refractivity (Wildman–Crippen MR) is 69.1 cm³/mol. The van der Waals surface area contributed by atoms with Crippen molar-refractivity contribution in [3.05, 3.63) is 20.8 Å². The minimum Gasteiger partial charge on any atom is -0.468 e. The van der Waals surface area contributed by atoms with E-state index in [4.69, 9.17) is 4.74 Å². The summed E-state index contributed by atoms with van der Waals surface area (Å²) in [6.07, 6.45) is 0. The summed E-state index contributed by atoms with van der Waals surface area (Å²) in [6.45, 7) is 0.563. The van der Waals surface area contributed by atoms with Crippen LogP contribution in [0.3, 0.4) is 0 Å². The second kappa shape index (κ2) is 5.38. The molecular formula is C11H12BrNO4S. The Morgan fingerprint density at radius 1 is 1.56 bits per heavy atom. The van der Waals surface area contributed by atoms with Gasteiger partial charge in [0.1, 0.15) is 0 Å². The smallest absolute Gasteiger partial charge is 0.326 e. The Bertz CT molecular complexity index is 469. The fraction of sp³-hybridized carbons (Fsp3) is 0.455. The van der Waals surface area contributed by atoms with Crippen LogP contribution in [0.15, 0.2) is 15.9 Å². The molecule has 1 saturated heterocycles. The molecule has 0 unspecified atom stereocenters. The predicted octanol–water partition coefficient (Wildman–Crippen LogP) is 1.32. The maximum Gasteiger partial charge on any atom is 0.326 e. The molecule has 98 valence electrons. The molecule has 0 spiro atoms. The van der Waals surface area contributed by atoms with Crippen molar-refractivity contribution >= 4 is 39.1 Å². The van der Waals surface area contributed by atoms with E-state index < -0.39 is 11.4 Å². The lowest BCUT2D eigenvalue weighted by Crippen LogP contribution is -2.59. The maximum absolute atomic E-state index is 12.0. The molecule has 1 aromatic rings. The molecule has 5 nitrogen and oxygen atoms in total. The van der Waals surface area contributed by atoms with Gasteiger partial charge in [0.2, 0.25) is 5.91 Å². The second-order valence-electron chi connectivity index (χ2n) is 3.95. The summed E-state index contributed by atoms with van der Waals surface area (Å²) < 4.78 is 10.6. The number of amides is 1. The SMILES string of the molecule is COC(=O)C1(C(=O)NCc2ccc(Br)s2)COC1. The van der Waals surface area contributed by atoms with Crippen LogP contribution < -0.4 is 5.32 Å². The van der Waals surface area contributed by atoms with Gasteiger partial charge >= 0.3 is 5.97 Å². The standard InChI is InChI=1S/C11H12BrNO4S/c1-16-10(15)11(5-17-6-11)9(14)13-4-7-2-3-8(12)18-7/h2-3H,4-6H2,1H3,(H,13,14). The Morgan fingerprint density at radius 2 is 2.28 bits per heavy atom. The molecule has 0 aliphatic carbocycles. The van der Waals surface area contributed by atoms with E-state index in [9.17, 15) is 9.59 Å². The van der Waals surface area contributed by atoms with Gasteiger partial charge < -0.3 is 14.8 Å². The summed E-state index contributed by atoms with van der Waals surface area (Å²) in [5, 5.41) is 2.74. The summed E-state index contributed by atoms with van der Waals surface area (Å²) in [6, 6.07) is 3.83. The van der Waals surface area contributed by atoms with Gasteiger partial charge in [0.15, 0.2) is 5.41 Å². The molecule has 0 saturated carbocycles. The van der Waals surface area contributed by atoms with Crippen LogP contribution in [-0.2, 0) is 25.6 Å². The van der Waals surface area contributed by atoms with Crippen molar-refractivity contribution in [2.75, 3.05) is 20.3 Å². The van der Waals surface area contributed by atoms with E-state index in [0.29, 0.717) is 6.54 Å². The minimum atomic E-state index is -1.16. The molecule has 2 heterocycles. The molecule has 2 rings (SSSR count). The molecule has 0 bridgehead atoms. The number of methoxy groups -OCH3 is 1. The highest BCUT2D eigenvalue weighted by Crippen LogP contribution is 2.29. The molecule has 0 radical (unpaired) electrons. The molecule has 1 aliphatic heterocycles. The van der Waals surface area contributed by atoms with E-state index >= 15 is 0 Å². The number of rotatable bonds is 4. The van der Waals surface area contributed by atoms with E-state index in [0.717, 1.165) is 8.66 Å². The number of carbonyl (C=O) groups excluding carboxylic acids is 2. The van der Waals surface area contributed by atoms with Gasteiger partial charge in [0.25, 0.3) is 0 Å². The number of carbonyl (C=O) groups is 2. The highest BCUT2D eigenvalue weighted by molar-refractivity contribution is 9.11. The zero-order valence-electron chi connectivity index (χ0n) is 9.70. The second-order valence-corrected chi connectivity index (χ2v) is 6.50. The Morgan fingerprint density at radius 3 is 2.72 bits per heavy atom. The first kappa shape index (κ1) is 13.5. The van der Waals surface area contributed by atoms with Crippen LogP contribution in [0.5, 0.6) is 0 Å². The third kappa shape index (κ3) is 2.43. The number of nitrogens with one attached hydrogen (secondary N) is 1. The Kier molecular flexibility index (Phi) is 4.04. The summed E-state index contributed by atoms with van der Waals surface area (Å²) in [4.78, 5) is 24.6. The number of ether oxygens (including phenoxy) is 2. The van der Waals surface area contributed by atoms with Gasteiger partial charge in [0, 0.05) is 4.88 Å². The average molecular weight is 334 g/mol. The van der Waals surface area contributed by atoms with Crippen molar-refractivity contribution in [1.82, 2.24) is 5.32 Å². The molecule has 1 aliphatic rings. The molecule has 1 N–H and O–H groups in total. The lowest BCUT2D eigenvalue weighted by molar-refractivity contribution is -0.188. The zero-order chi connectivity index (χ0) is 13.2. The van der Waals surface area contributed by atoms with Crippen LogP contribution in [0.4, 0.5) is 0 Å². The first-order valence-electron chi connectivity index (χ1n) is 5.27. The normalized spacial score (nSPS) is 16.8. The fourth-order valence-electron chi connectivity index (χ4n) is 1.63. The summed E-state index contributed by atoms with van der Waals surface area (Å²) in [5.41, 5.74) is -1.16. The van der Waals surface area contributed by atoms with E-state index in [2.05, 4.69) is 26.0 Å². The van der Waals surface area contributed by atoms with Gasteiger partial charge in [0.05, 0.1) is 30.7 Å². The minimum absolute atomic E-state index is 0.0830. The molecule has 18 heavy (non-hydrogen) atoms. The third-order valence-corrected chi connectivity index (χ3v) is 4.38. The largest absolute Gasteiger partial charge is 0.468 e. The van der Waals surface area contributed by atoms with Crippen molar-refractivity contribution in [2.45, 2.75) is 6.54 Å². The van der Waals surface area contributed by atoms with Crippen molar-refractivity contribution < 1.29 is 19.1 Å². The van der Waals surface area contributed by atoms with Crippen molar-refractivity contribution in [1.29, 1.82) is 0 Å². The van der Waals surface area contributed by atoms with Gasteiger partial charge in [-0.3, -0.25) is 9.59 Å². The van der Waals surface area contributed by atoms with Crippen molar-refractivity contribution in [3.63, 3.8) is 0 Å². The van der Waals surface area contributed by atoms with Crippen molar-refractivity contribution in [2.24, 2.45) is 5.41 Å². The molecule has 0 aromatic carbocycles. The van der Waals surface area contributed by atoms with E-state index in [-0.39, 0.29) is 19.1 Å². The lowest BCUT2D eigenvalue weighted by Gasteiger charge is -2.36. The summed E-state index contributed by atoms with van der Waals surface area (Å²) in [7, 11) is 1.27. The number of thiophene rings is 1. The molecule has 1 aromatic heterocycles. The highest BCUT2D eigenvalue weighted by Gasteiger charge is 2.53. The van der Waals surface area contributed by atoms with Gasteiger partial charge in [-0.25, -0.2) is 0 Å².